The third kappa shape index (κ3) is 6.50. The predicted molar refractivity (Wildman–Crippen MR) is 161 cm³/mol. The molecular weight excluding hydrogens is 555 g/mol. The molecule has 0 bridgehead atoms. The number of hydrogen-bond donors (Lipinski definition) is 3. The largest absolute Gasteiger partial charge is 0.493 e. The SMILES string of the molecule is Nc1ccc(F)cc1C(=O)N=Nc1c(O)n(CCc2ccccc2)c2ccc(SCCc3ccc(C(=O)O)cc3)cc12. The van der Waals surface area contributed by atoms with E-state index in [0.29, 0.717) is 18.4 Å². The fourth-order valence-corrected chi connectivity index (χ4v) is 5.51. The van der Waals surface area contributed by atoms with Gasteiger partial charge in [-0.3, -0.25) is 4.79 Å². The van der Waals surface area contributed by atoms with Gasteiger partial charge in [-0.05, 0) is 72.5 Å². The zero-order valence-electron chi connectivity index (χ0n) is 22.4. The van der Waals surface area contributed by atoms with Gasteiger partial charge >= 0.3 is 5.97 Å². The molecule has 5 rings (SSSR count). The van der Waals surface area contributed by atoms with Gasteiger partial charge in [0.2, 0.25) is 5.88 Å². The summed E-state index contributed by atoms with van der Waals surface area (Å²) in [5.74, 6) is -1.81. The van der Waals surface area contributed by atoms with Crippen LogP contribution in [0.2, 0.25) is 0 Å². The molecule has 0 spiro atoms. The molecule has 0 aliphatic rings. The first kappa shape index (κ1) is 28.6. The van der Waals surface area contributed by atoms with E-state index in [1.165, 1.54) is 6.07 Å². The standard InChI is InChI=1S/C32H27FN4O4S/c33-23-10-12-27(34)25(18-23)30(38)36-35-29-26-19-24(42-17-15-21-6-8-22(9-7-21)32(40)41)11-13-28(26)37(31(29)39)16-14-20-4-2-1-3-5-20/h1-13,18-19,39H,14-17,34H2,(H,40,41). The predicted octanol–water partition coefficient (Wildman–Crippen LogP) is 7.27. The van der Waals surface area contributed by atoms with Crippen molar-refractivity contribution in [2.24, 2.45) is 10.2 Å². The second-order valence-corrected chi connectivity index (χ2v) is 10.7. The molecule has 8 nitrogen and oxygen atoms in total. The Morgan fingerprint density at radius 1 is 0.905 bits per heavy atom. The Bertz CT molecular complexity index is 1790. The van der Waals surface area contributed by atoms with Gasteiger partial charge in [0.1, 0.15) is 5.82 Å². The summed E-state index contributed by atoms with van der Waals surface area (Å²) in [5.41, 5.74) is 9.02. The van der Waals surface area contributed by atoms with Crippen LogP contribution in [0.1, 0.15) is 31.8 Å². The number of aromatic carboxylic acids is 1. The maximum Gasteiger partial charge on any atom is 0.335 e. The van der Waals surface area contributed by atoms with Crippen LogP contribution < -0.4 is 5.73 Å². The van der Waals surface area contributed by atoms with Crippen molar-refractivity contribution in [3.63, 3.8) is 0 Å². The minimum Gasteiger partial charge on any atom is -0.493 e. The molecule has 0 unspecified atom stereocenters. The summed E-state index contributed by atoms with van der Waals surface area (Å²) in [4.78, 5) is 24.7. The Kier molecular flexibility index (Phi) is 8.63. The summed E-state index contributed by atoms with van der Waals surface area (Å²) < 4.78 is 15.5. The van der Waals surface area contributed by atoms with Crippen molar-refractivity contribution < 1.29 is 24.2 Å². The fraction of sp³-hybridized carbons (Fsp3) is 0.125. The molecule has 4 aromatic carbocycles. The summed E-state index contributed by atoms with van der Waals surface area (Å²) in [6, 6.07) is 25.8. The number of aryl methyl sites for hydroxylation is 3. The van der Waals surface area contributed by atoms with Crippen LogP contribution in [0.4, 0.5) is 15.8 Å². The van der Waals surface area contributed by atoms with Crippen LogP contribution >= 0.6 is 11.8 Å². The average molecular weight is 583 g/mol. The molecule has 0 saturated carbocycles. The van der Waals surface area contributed by atoms with Gasteiger partial charge in [0.15, 0.2) is 5.69 Å². The summed E-state index contributed by atoms with van der Waals surface area (Å²) in [5, 5.41) is 28.8. The Morgan fingerprint density at radius 2 is 1.64 bits per heavy atom. The summed E-state index contributed by atoms with van der Waals surface area (Å²) in [7, 11) is 0. The first-order valence-corrected chi connectivity index (χ1v) is 14.1. The van der Waals surface area contributed by atoms with Gasteiger partial charge in [-0.15, -0.1) is 22.0 Å². The van der Waals surface area contributed by atoms with E-state index in [0.717, 1.165) is 45.8 Å². The average Bonchev–Trinajstić information content (AvgIpc) is 3.26. The Balaban J connectivity index is 1.42. The summed E-state index contributed by atoms with van der Waals surface area (Å²) in [6.07, 6.45) is 1.38. The van der Waals surface area contributed by atoms with Crippen LogP contribution in [-0.2, 0) is 19.4 Å². The van der Waals surface area contributed by atoms with Crippen molar-refractivity contribution in [3.05, 3.63) is 119 Å². The van der Waals surface area contributed by atoms with Crippen molar-refractivity contribution in [1.29, 1.82) is 0 Å². The summed E-state index contributed by atoms with van der Waals surface area (Å²) in [6.45, 7) is 0.464. The van der Waals surface area contributed by atoms with Crippen LogP contribution in [0.25, 0.3) is 10.9 Å². The number of nitrogens with two attached hydrogens (primary N) is 1. The van der Waals surface area contributed by atoms with Crippen LogP contribution in [0.5, 0.6) is 5.88 Å². The molecule has 0 atom stereocenters. The Hall–Kier alpha value is -4.96. The zero-order chi connectivity index (χ0) is 29.6. The number of azo groups is 1. The van der Waals surface area contributed by atoms with Gasteiger partial charge in [0.25, 0.3) is 5.91 Å². The molecule has 4 N–H and O–H groups in total. The smallest absolute Gasteiger partial charge is 0.335 e. The van der Waals surface area contributed by atoms with Gasteiger partial charge in [-0.25, -0.2) is 9.18 Å². The number of hydrogen-bond acceptors (Lipinski definition) is 6. The lowest BCUT2D eigenvalue weighted by Crippen LogP contribution is -2.01. The highest BCUT2D eigenvalue weighted by molar-refractivity contribution is 7.99. The molecule has 212 valence electrons. The quantitative estimate of drug-likeness (QED) is 0.0902. The lowest BCUT2D eigenvalue weighted by molar-refractivity contribution is 0.0696. The third-order valence-electron chi connectivity index (χ3n) is 6.80. The minimum atomic E-state index is -0.961. The zero-order valence-corrected chi connectivity index (χ0v) is 23.2. The van der Waals surface area contributed by atoms with Gasteiger partial charge in [-0.1, -0.05) is 42.5 Å². The van der Waals surface area contributed by atoms with E-state index < -0.39 is 17.7 Å². The first-order valence-electron chi connectivity index (χ1n) is 13.2. The lowest BCUT2D eigenvalue weighted by Gasteiger charge is -2.08. The highest BCUT2D eigenvalue weighted by Gasteiger charge is 2.19. The van der Waals surface area contributed by atoms with Crippen molar-refractivity contribution in [3.8, 4) is 5.88 Å². The van der Waals surface area contributed by atoms with Crippen LogP contribution in [0, 0.1) is 5.82 Å². The molecule has 0 aliphatic carbocycles. The van der Waals surface area contributed by atoms with Crippen molar-refractivity contribution in [2.75, 3.05) is 11.5 Å². The molecule has 0 saturated heterocycles. The van der Waals surface area contributed by atoms with E-state index >= 15 is 0 Å². The van der Waals surface area contributed by atoms with Gasteiger partial charge in [0, 0.05) is 28.3 Å². The van der Waals surface area contributed by atoms with E-state index in [-0.39, 0.29) is 28.4 Å². The van der Waals surface area contributed by atoms with E-state index in [2.05, 4.69) is 10.2 Å². The van der Waals surface area contributed by atoms with Crippen LogP contribution in [0.3, 0.4) is 0 Å². The number of anilines is 1. The number of carboxylic acids is 1. The number of nitrogens with zero attached hydrogens (tertiary/aromatic N) is 3. The number of aromatic nitrogens is 1. The molecule has 42 heavy (non-hydrogen) atoms. The minimum absolute atomic E-state index is 0.0751. The van der Waals surface area contributed by atoms with Crippen LogP contribution in [-0.4, -0.2) is 32.4 Å². The number of amides is 1. The molecule has 5 aromatic rings. The normalized spacial score (nSPS) is 11.4. The molecule has 0 aliphatic heterocycles. The van der Waals surface area contributed by atoms with Gasteiger partial charge in [0.05, 0.1) is 16.6 Å². The number of aromatic hydroxyl groups is 1. The fourth-order valence-electron chi connectivity index (χ4n) is 4.57. The van der Waals surface area contributed by atoms with Crippen LogP contribution in [0.15, 0.2) is 106 Å². The van der Waals surface area contributed by atoms with Gasteiger partial charge < -0.3 is 20.5 Å². The number of fused-ring (bicyclic) bond motifs is 1. The van der Waals surface area contributed by atoms with E-state index in [9.17, 15) is 19.1 Å². The number of nitrogen functional groups attached to an aromatic ring is 1. The second kappa shape index (κ2) is 12.7. The van der Waals surface area contributed by atoms with Crippen molar-refractivity contribution >= 4 is 45.9 Å². The summed E-state index contributed by atoms with van der Waals surface area (Å²) >= 11 is 1.59. The number of halogens is 1. The molecule has 10 heteroatoms. The van der Waals surface area contributed by atoms with E-state index in [4.69, 9.17) is 10.8 Å². The van der Waals surface area contributed by atoms with E-state index in [1.807, 2.05) is 48.5 Å². The highest BCUT2D eigenvalue weighted by atomic mass is 32.2. The topological polar surface area (TPSA) is 130 Å². The molecule has 1 amide bonds. The Morgan fingerprint density at radius 3 is 2.38 bits per heavy atom. The van der Waals surface area contributed by atoms with Crippen molar-refractivity contribution in [1.82, 2.24) is 4.57 Å². The maximum absolute atomic E-state index is 13.7. The third-order valence-corrected chi connectivity index (χ3v) is 7.79. The Labute approximate surface area is 245 Å². The number of carbonyl (C=O) groups excluding carboxylic acids is 1. The highest BCUT2D eigenvalue weighted by Crippen LogP contribution is 2.41. The second-order valence-electron chi connectivity index (χ2n) is 9.58. The number of rotatable bonds is 10. The molecule has 0 radical (unpaired) electrons. The molecule has 0 fully saturated rings. The molecular formula is C32H27FN4O4S. The number of carboxylic acid groups (broad SMARTS) is 1. The monoisotopic (exact) mass is 582 g/mol. The van der Waals surface area contributed by atoms with Crippen molar-refractivity contribution in [2.45, 2.75) is 24.3 Å². The number of thioether (sulfide) groups is 1. The first-order chi connectivity index (χ1) is 20.3. The number of benzene rings is 4. The van der Waals surface area contributed by atoms with E-state index in [1.54, 1.807) is 40.6 Å². The van der Waals surface area contributed by atoms with Gasteiger partial charge in [-0.2, -0.15) is 0 Å². The number of carbonyl (C=O) groups is 2. The maximum atomic E-state index is 13.7. The molecule has 1 aromatic heterocycles. The molecule has 1 heterocycles. The lowest BCUT2D eigenvalue weighted by atomic mass is 10.1.